The van der Waals surface area contributed by atoms with Crippen LogP contribution in [0.25, 0.3) is 0 Å². The molecule has 0 bridgehead atoms. The molecule has 3 heteroatoms. The fraction of sp³-hybridized carbons (Fsp3) is 1.00. The molecule has 1 rings (SSSR count). The standard InChI is InChI=1S/C16H34N2O/c1-6-14(7-2)18(10-11-19-5)16(13-17)9-8-15(3,4)12-16/h14H,6-13,17H2,1-5H3. The summed E-state index contributed by atoms with van der Waals surface area (Å²) in [6, 6.07) is 0.632. The zero-order valence-corrected chi connectivity index (χ0v) is 13.7. The average Bonchev–Trinajstić information content (AvgIpc) is 2.71. The van der Waals surface area contributed by atoms with Gasteiger partial charge in [0.15, 0.2) is 0 Å². The summed E-state index contributed by atoms with van der Waals surface area (Å²) < 4.78 is 5.33. The summed E-state index contributed by atoms with van der Waals surface area (Å²) >= 11 is 0. The summed E-state index contributed by atoms with van der Waals surface area (Å²) in [7, 11) is 1.79. The summed E-state index contributed by atoms with van der Waals surface area (Å²) in [6.45, 7) is 11.9. The van der Waals surface area contributed by atoms with Gasteiger partial charge in [-0.25, -0.2) is 0 Å². The fourth-order valence-corrected chi connectivity index (χ4v) is 3.90. The van der Waals surface area contributed by atoms with Crippen molar-refractivity contribution in [2.75, 3.05) is 26.8 Å². The van der Waals surface area contributed by atoms with Crippen molar-refractivity contribution in [1.29, 1.82) is 0 Å². The minimum absolute atomic E-state index is 0.193. The Hall–Kier alpha value is -0.120. The Morgan fingerprint density at radius 2 is 1.84 bits per heavy atom. The van der Waals surface area contributed by atoms with E-state index in [2.05, 4.69) is 32.6 Å². The second-order valence-electron chi connectivity index (χ2n) is 6.93. The van der Waals surface area contributed by atoms with Gasteiger partial charge in [0.1, 0.15) is 0 Å². The molecule has 3 nitrogen and oxygen atoms in total. The van der Waals surface area contributed by atoms with Crippen molar-refractivity contribution in [1.82, 2.24) is 4.90 Å². The minimum Gasteiger partial charge on any atom is -0.383 e. The third-order valence-electron chi connectivity index (χ3n) is 4.98. The van der Waals surface area contributed by atoms with Crippen LogP contribution in [0.2, 0.25) is 0 Å². The quantitative estimate of drug-likeness (QED) is 0.737. The van der Waals surface area contributed by atoms with Crippen molar-refractivity contribution in [2.24, 2.45) is 11.1 Å². The Morgan fingerprint density at radius 1 is 1.21 bits per heavy atom. The van der Waals surface area contributed by atoms with Gasteiger partial charge in [-0.15, -0.1) is 0 Å². The highest BCUT2D eigenvalue weighted by Crippen LogP contribution is 2.47. The van der Waals surface area contributed by atoms with Gasteiger partial charge in [-0.05, 0) is 37.5 Å². The number of methoxy groups -OCH3 is 1. The van der Waals surface area contributed by atoms with Gasteiger partial charge >= 0.3 is 0 Å². The molecular formula is C16H34N2O. The first-order chi connectivity index (χ1) is 8.94. The van der Waals surface area contributed by atoms with Crippen LogP contribution in [0.3, 0.4) is 0 Å². The highest BCUT2D eigenvalue weighted by Gasteiger charge is 2.47. The number of ether oxygens (including phenoxy) is 1. The lowest BCUT2D eigenvalue weighted by Crippen LogP contribution is -2.57. The lowest BCUT2D eigenvalue weighted by Gasteiger charge is -2.46. The van der Waals surface area contributed by atoms with Crippen LogP contribution in [0.15, 0.2) is 0 Å². The highest BCUT2D eigenvalue weighted by molar-refractivity contribution is 5.03. The van der Waals surface area contributed by atoms with Crippen LogP contribution in [0.1, 0.15) is 59.8 Å². The lowest BCUT2D eigenvalue weighted by molar-refractivity contribution is 0.0172. The number of hydrogen-bond acceptors (Lipinski definition) is 3. The summed E-state index contributed by atoms with van der Waals surface area (Å²) in [5, 5.41) is 0. The second kappa shape index (κ2) is 7.05. The van der Waals surface area contributed by atoms with Crippen LogP contribution >= 0.6 is 0 Å². The largest absolute Gasteiger partial charge is 0.383 e. The van der Waals surface area contributed by atoms with Crippen molar-refractivity contribution in [2.45, 2.75) is 71.4 Å². The van der Waals surface area contributed by atoms with E-state index in [1.807, 2.05) is 0 Å². The van der Waals surface area contributed by atoms with E-state index in [4.69, 9.17) is 10.5 Å². The fourth-order valence-electron chi connectivity index (χ4n) is 3.90. The number of hydrogen-bond donors (Lipinski definition) is 1. The van der Waals surface area contributed by atoms with Crippen LogP contribution < -0.4 is 5.73 Å². The highest BCUT2D eigenvalue weighted by atomic mass is 16.5. The van der Waals surface area contributed by atoms with E-state index in [0.717, 1.165) is 19.7 Å². The maximum atomic E-state index is 6.23. The molecule has 114 valence electrons. The van der Waals surface area contributed by atoms with Crippen LogP contribution in [0.4, 0.5) is 0 Å². The van der Waals surface area contributed by atoms with E-state index in [1.165, 1.54) is 32.1 Å². The number of rotatable bonds is 8. The predicted octanol–water partition coefficient (Wildman–Crippen LogP) is 3.03. The Morgan fingerprint density at radius 3 is 2.21 bits per heavy atom. The summed E-state index contributed by atoms with van der Waals surface area (Å²) in [4.78, 5) is 2.67. The second-order valence-corrected chi connectivity index (χ2v) is 6.93. The van der Waals surface area contributed by atoms with Crippen molar-refractivity contribution in [3.05, 3.63) is 0 Å². The molecule has 0 aromatic rings. The van der Waals surface area contributed by atoms with Gasteiger partial charge in [-0.1, -0.05) is 27.7 Å². The SMILES string of the molecule is CCC(CC)N(CCOC)C1(CN)CCC(C)(C)C1. The van der Waals surface area contributed by atoms with Crippen LogP contribution in [0.5, 0.6) is 0 Å². The van der Waals surface area contributed by atoms with Crippen LogP contribution in [-0.2, 0) is 4.74 Å². The molecule has 1 saturated carbocycles. The van der Waals surface area contributed by atoms with Gasteiger partial charge in [-0.3, -0.25) is 4.90 Å². The Labute approximate surface area is 119 Å². The molecule has 0 aliphatic heterocycles. The predicted molar refractivity (Wildman–Crippen MR) is 82.4 cm³/mol. The molecule has 0 radical (unpaired) electrons. The summed E-state index contributed by atoms with van der Waals surface area (Å²) in [5.41, 5.74) is 6.85. The molecule has 1 aliphatic rings. The first kappa shape index (κ1) is 16.9. The van der Waals surface area contributed by atoms with E-state index >= 15 is 0 Å². The van der Waals surface area contributed by atoms with E-state index in [-0.39, 0.29) is 5.54 Å². The monoisotopic (exact) mass is 270 g/mol. The molecule has 0 spiro atoms. The molecule has 1 fully saturated rings. The molecule has 19 heavy (non-hydrogen) atoms. The lowest BCUT2D eigenvalue weighted by atomic mass is 9.85. The van der Waals surface area contributed by atoms with Gasteiger partial charge < -0.3 is 10.5 Å². The normalized spacial score (nSPS) is 26.5. The molecule has 0 heterocycles. The Kier molecular flexibility index (Phi) is 6.28. The molecule has 1 aliphatic carbocycles. The summed E-state index contributed by atoms with van der Waals surface area (Å²) in [6.07, 6.45) is 6.13. The Bertz CT molecular complexity index is 263. The molecule has 0 amide bonds. The molecule has 0 aromatic carbocycles. The van der Waals surface area contributed by atoms with E-state index < -0.39 is 0 Å². The molecule has 1 atom stereocenters. The van der Waals surface area contributed by atoms with Gasteiger partial charge in [0.05, 0.1) is 6.61 Å². The smallest absolute Gasteiger partial charge is 0.0590 e. The van der Waals surface area contributed by atoms with Gasteiger partial charge in [0, 0.05) is 31.8 Å². The molecule has 0 saturated heterocycles. The molecule has 2 N–H and O–H groups in total. The minimum atomic E-state index is 0.193. The first-order valence-electron chi connectivity index (χ1n) is 7.90. The van der Waals surface area contributed by atoms with E-state index in [1.54, 1.807) is 7.11 Å². The zero-order chi connectivity index (χ0) is 14.5. The number of nitrogens with zero attached hydrogens (tertiary/aromatic N) is 1. The van der Waals surface area contributed by atoms with E-state index in [0.29, 0.717) is 11.5 Å². The molecule has 1 unspecified atom stereocenters. The topological polar surface area (TPSA) is 38.5 Å². The maximum Gasteiger partial charge on any atom is 0.0590 e. The van der Waals surface area contributed by atoms with Gasteiger partial charge in [0.2, 0.25) is 0 Å². The molecule has 0 aromatic heterocycles. The van der Waals surface area contributed by atoms with Gasteiger partial charge in [0.25, 0.3) is 0 Å². The van der Waals surface area contributed by atoms with Crippen molar-refractivity contribution in [3.8, 4) is 0 Å². The third kappa shape index (κ3) is 3.93. The molecular weight excluding hydrogens is 236 g/mol. The zero-order valence-electron chi connectivity index (χ0n) is 13.7. The van der Waals surface area contributed by atoms with Crippen molar-refractivity contribution >= 4 is 0 Å². The van der Waals surface area contributed by atoms with Crippen molar-refractivity contribution in [3.63, 3.8) is 0 Å². The van der Waals surface area contributed by atoms with Crippen LogP contribution in [0, 0.1) is 5.41 Å². The maximum absolute atomic E-state index is 6.23. The third-order valence-corrected chi connectivity index (χ3v) is 4.98. The first-order valence-corrected chi connectivity index (χ1v) is 7.90. The Balaban J connectivity index is 2.92. The van der Waals surface area contributed by atoms with E-state index in [9.17, 15) is 0 Å². The van der Waals surface area contributed by atoms with Crippen molar-refractivity contribution < 1.29 is 4.74 Å². The number of nitrogens with two attached hydrogens (primary N) is 1. The van der Waals surface area contributed by atoms with Gasteiger partial charge in [-0.2, -0.15) is 0 Å². The average molecular weight is 270 g/mol. The summed E-state index contributed by atoms with van der Waals surface area (Å²) in [5.74, 6) is 0. The van der Waals surface area contributed by atoms with Crippen LogP contribution in [-0.4, -0.2) is 43.3 Å².